The molecule has 0 heterocycles. The Morgan fingerprint density at radius 3 is 2.43 bits per heavy atom. The molecule has 0 fully saturated rings. The van der Waals surface area contributed by atoms with Crippen molar-refractivity contribution < 1.29 is 9.66 Å². The fourth-order valence-electron chi connectivity index (χ4n) is 1.42. The van der Waals surface area contributed by atoms with Gasteiger partial charge in [-0.1, -0.05) is 50.8 Å². The van der Waals surface area contributed by atoms with Crippen LogP contribution in [0.4, 0.5) is 0 Å². The Morgan fingerprint density at radius 2 is 1.90 bits per heavy atom. The Balaban J connectivity index is 0.00000191. The average Bonchev–Trinajstić information content (AvgIpc) is 2.50. The number of benzene rings is 1. The van der Waals surface area contributed by atoms with Crippen LogP contribution in [-0.2, 0) is 0 Å². The van der Waals surface area contributed by atoms with E-state index in [1.165, 1.54) is 0 Å². The number of para-hydroxylation sites is 1. The van der Waals surface area contributed by atoms with Gasteiger partial charge < -0.3 is 4.74 Å². The number of hydrogen-bond acceptors (Lipinski definition) is 3. The van der Waals surface area contributed by atoms with Crippen LogP contribution in [0.5, 0.6) is 5.75 Å². The second-order valence-electron chi connectivity index (χ2n) is 3.88. The number of nitrogens with zero attached hydrogens (tertiary/aromatic N) is 1. The minimum Gasteiger partial charge on any atom is -0.458 e. The van der Waals surface area contributed by atoms with Crippen molar-refractivity contribution in [2.75, 3.05) is 6.54 Å². The van der Waals surface area contributed by atoms with Gasteiger partial charge in [-0.15, -0.1) is 0 Å². The molecular weight excluding hydrogens is 266 g/mol. The lowest BCUT2D eigenvalue weighted by atomic mass is 10.1. The van der Waals surface area contributed by atoms with E-state index in [4.69, 9.17) is 4.74 Å². The van der Waals surface area contributed by atoms with Gasteiger partial charge in [-0.3, -0.25) is 10.1 Å². The fraction of sp³-hybridized carbons (Fsp3) is 0.294. The van der Waals surface area contributed by atoms with Crippen LogP contribution in [0.2, 0.25) is 0 Å². The quantitative estimate of drug-likeness (QED) is 0.314. The zero-order valence-electron chi connectivity index (χ0n) is 12.9. The van der Waals surface area contributed by atoms with Crippen LogP contribution in [0.3, 0.4) is 0 Å². The highest BCUT2D eigenvalue weighted by Gasteiger charge is 2.00. The Morgan fingerprint density at radius 1 is 1.29 bits per heavy atom. The van der Waals surface area contributed by atoms with Gasteiger partial charge in [-0.2, -0.15) is 0 Å². The van der Waals surface area contributed by atoms with Crippen molar-refractivity contribution in [1.29, 1.82) is 0 Å². The number of nitro groups is 1. The van der Waals surface area contributed by atoms with Crippen LogP contribution in [0, 0.1) is 10.1 Å². The second-order valence-corrected chi connectivity index (χ2v) is 3.88. The molecular formula is C17H23NO3. The third-order valence-electron chi connectivity index (χ3n) is 2.43. The lowest BCUT2D eigenvalue weighted by Gasteiger charge is -2.04. The fourth-order valence-corrected chi connectivity index (χ4v) is 1.42. The minimum absolute atomic E-state index is 0.0734. The highest BCUT2D eigenvalue weighted by Crippen LogP contribution is 2.13. The molecule has 0 amide bonds. The third-order valence-corrected chi connectivity index (χ3v) is 2.43. The highest BCUT2D eigenvalue weighted by atomic mass is 16.6. The average molecular weight is 289 g/mol. The highest BCUT2D eigenvalue weighted by molar-refractivity contribution is 5.28. The molecule has 0 aliphatic heterocycles. The predicted octanol–water partition coefficient (Wildman–Crippen LogP) is 4.77. The monoisotopic (exact) mass is 289 g/mol. The van der Waals surface area contributed by atoms with E-state index in [0.29, 0.717) is 17.9 Å². The van der Waals surface area contributed by atoms with Gasteiger partial charge in [0.2, 0.25) is 6.54 Å². The van der Waals surface area contributed by atoms with E-state index >= 15 is 0 Å². The molecule has 114 valence electrons. The molecule has 1 aromatic rings. The standard InChI is InChI=1S/C15H17NO3.C2H6/c1-3-14(11-12-16(17)18)10-9-13(2)19-15-7-5-4-6-8-15;1-2/h3-10H,2,11-12H2,1H3;1-2H3/b10-9-,14-3+;. The van der Waals surface area contributed by atoms with Crippen molar-refractivity contribution in [1.82, 2.24) is 0 Å². The molecule has 0 bridgehead atoms. The first kappa shape index (κ1) is 18.6. The van der Waals surface area contributed by atoms with Gasteiger partial charge in [0.15, 0.2) is 0 Å². The van der Waals surface area contributed by atoms with Crippen LogP contribution in [-0.4, -0.2) is 11.5 Å². The summed E-state index contributed by atoms with van der Waals surface area (Å²) in [5, 5.41) is 10.3. The molecule has 0 N–H and O–H groups in total. The summed E-state index contributed by atoms with van der Waals surface area (Å²) in [4.78, 5) is 9.98. The molecule has 21 heavy (non-hydrogen) atoms. The molecule has 0 unspecified atom stereocenters. The van der Waals surface area contributed by atoms with Crippen LogP contribution >= 0.6 is 0 Å². The van der Waals surface area contributed by atoms with E-state index in [0.717, 1.165) is 5.57 Å². The molecule has 0 radical (unpaired) electrons. The maximum absolute atomic E-state index is 10.3. The van der Waals surface area contributed by atoms with Crippen LogP contribution in [0.25, 0.3) is 0 Å². The lowest BCUT2D eigenvalue weighted by Crippen LogP contribution is -2.01. The second kappa shape index (κ2) is 11.5. The first-order valence-corrected chi connectivity index (χ1v) is 6.98. The molecule has 4 nitrogen and oxygen atoms in total. The summed E-state index contributed by atoms with van der Waals surface area (Å²) in [6, 6.07) is 9.33. The van der Waals surface area contributed by atoms with Gasteiger partial charge in [-0.05, 0) is 30.7 Å². The molecule has 0 saturated heterocycles. The van der Waals surface area contributed by atoms with E-state index in [1.54, 1.807) is 12.2 Å². The van der Waals surface area contributed by atoms with Crippen LogP contribution in [0.1, 0.15) is 27.2 Å². The van der Waals surface area contributed by atoms with E-state index in [2.05, 4.69) is 6.58 Å². The summed E-state index contributed by atoms with van der Waals surface area (Å²) < 4.78 is 5.49. The summed E-state index contributed by atoms with van der Waals surface area (Å²) in [5.41, 5.74) is 0.884. The topological polar surface area (TPSA) is 52.4 Å². The molecule has 4 heteroatoms. The summed E-state index contributed by atoms with van der Waals surface area (Å²) in [6.45, 7) is 9.56. The Hall–Kier alpha value is -2.36. The largest absolute Gasteiger partial charge is 0.458 e. The molecule has 1 aromatic carbocycles. The summed E-state index contributed by atoms with van der Waals surface area (Å²) in [6.07, 6.45) is 5.74. The number of hydrogen-bond donors (Lipinski definition) is 0. The predicted molar refractivity (Wildman–Crippen MR) is 86.9 cm³/mol. The van der Waals surface area contributed by atoms with Crippen molar-refractivity contribution in [2.45, 2.75) is 27.2 Å². The first-order valence-electron chi connectivity index (χ1n) is 6.98. The van der Waals surface area contributed by atoms with Crippen molar-refractivity contribution in [2.24, 2.45) is 0 Å². The molecule has 0 atom stereocenters. The Bertz CT molecular complexity index is 490. The Kier molecular flexibility index (Phi) is 10.2. The molecule has 0 saturated carbocycles. The van der Waals surface area contributed by atoms with Gasteiger partial charge in [0.25, 0.3) is 0 Å². The van der Waals surface area contributed by atoms with E-state index in [1.807, 2.05) is 57.2 Å². The molecule has 0 aliphatic carbocycles. The van der Waals surface area contributed by atoms with E-state index in [-0.39, 0.29) is 11.5 Å². The number of allylic oxidation sites excluding steroid dienone is 3. The smallest absolute Gasteiger partial charge is 0.207 e. The zero-order chi connectivity index (χ0) is 16.1. The summed E-state index contributed by atoms with van der Waals surface area (Å²) in [7, 11) is 0. The van der Waals surface area contributed by atoms with Crippen molar-refractivity contribution in [3.05, 3.63) is 76.6 Å². The SMILES string of the molecule is C=C(/C=C\C(=C/C)CC[N+](=O)[O-])Oc1ccccc1.CC. The summed E-state index contributed by atoms with van der Waals surface area (Å²) in [5.74, 6) is 1.20. The summed E-state index contributed by atoms with van der Waals surface area (Å²) >= 11 is 0. The van der Waals surface area contributed by atoms with Crippen LogP contribution < -0.4 is 4.74 Å². The van der Waals surface area contributed by atoms with Gasteiger partial charge in [0.05, 0.1) is 0 Å². The van der Waals surface area contributed by atoms with Crippen molar-refractivity contribution in [3.63, 3.8) is 0 Å². The van der Waals surface area contributed by atoms with E-state index in [9.17, 15) is 10.1 Å². The van der Waals surface area contributed by atoms with E-state index < -0.39 is 0 Å². The Labute approximate surface area is 126 Å². The maximum atomic E-state index is 10.3. The third kappa shape index (κ3) is 9.21. The van der Waals surface area contributed by atoms with Gasteiger partial charge in [-0.25, -0.2) is 0 Å². The zero-order valence-corrected chi connectivity index (χ0v) is 12.9. The first-order chi connectivity index (χ1) is 10.1. The van der Waals surface area contributed by atoms with Gasteiger partial charge in [0.1, 0.15) is 11.5 Å². The molecule has 1 rings (SSSR count). The van der Waals surface area contributed by atoms with Crippen molar-refractivity contribution >= 4 is 0 Å². The molecule has 0 aromatic heterocycles. The van der Waals surface area contributed by atoms with Crippen LogP contribution in [0.15, 0.2) is 66.5 Å². The van der Waals surface area contributed by atoms with Gasteiger partial charge >= 0.3 is 0 Å². The normalized spacial score (nSPS) is 10.7. The van der Waals surface area contributed by atoms with Gasteiger partial charge in [0, 0.05) is 11.3 Å². The molecule has 0 spiro atoms. The lowest BCUT2D eigenvalue weighted by molar-refractivity contribution is -0.479. The minimum atomic E-state index is -0.327. The molecule has 0 aliphatic rings. The number of ether oxygens (including phenoxy) is 1. The van der Waals surface area contributed by atoms with Crippen molar-refractivity contribution in [3.8, 4) is 5.75 Å². The maximum Gasteiger partial charge on any atom is 0.207 e. The number of rotatable bonds is 7.